The Bertz CT molecular complexity index is 1210. The average molecular weight is 528 g/mol. The molecular formula is C29H41N3O4S. The molecule has 0 aliphatic heterocycles. The lowest BCUT2D eigenvalue weighted by molar-refractivity contribution is -0.141. The van der Waals surface area contributed by atoms with Crippen molar-refractivity contribution in [2.45, 2.75) is 84.8 Å². The van der Waals surface area contributed by atoms with E-state index in [2.05, 4.69) is 5.32 Å². The molecule has 0 heterocycles. The standard InChI is InChI=1S/C29H41N3O4S/c1-21-16-17-23(3)27(19-21)32(37(5,35)36)18-10-15-28(33)31(20-25-12-7-6-11-22(25)2)24(4)29(34)30-26-13-8-9-14-26/h6-7,11-12,16-17,19,24,26H,8-10,13-15,18,20H2,1-5H3,(H,30,34)/t24-/m1/s1. The Labute approximate surface area is 222 Å². The van der Waals surface area contributed by atoms with E-state index in [1.807, 2.05) is 63.2 Å². The van der Waals surface area contributed by atoms with Gasteiger partial charge in [-0.15, -0.1) is 0 Å². The minimum atomic E-state index is -3.53. The quantitative estimate of drug-likeness (QED) is 0.461. The highest BCUT2D eigenvalue weighted by Crippen LogP contribution is 2.25. The number of hydrogen-bond acceptors (Lipinski definition) is 4. The summed E-state index contributed by atoms with van der Waals surface area (Å²) in [5, 5.41) is 3.12. The van der Waals surface area contributed by atoms with Gasteiger partial charge in [0.2, 0.25) is 21.8 Å². The van der Waals surface area contributed by atoms with Crippen LogP contribution in [0.2, 0.25) is 0 Å². The highest BCUT2D eigenvalue weighted by atomic mass is 32.2. The van der Waals surface area contributed by atoms with Crippen LogP contribution in [0.25, 0.3) is 0 Å². The summed E-state index contributed by atoms with van der Waals surface area (Å²) in [6.07, 6.45) is 5.86. The number of benzene rings is 2. The van der Waals surface area contributed by atoms with Crippen molar-refractivity contribution in [3.63, 3.8) is 0 Å². The van der Waals surface area contributed by atoms with Crippen LogP contribution in [0.4, 0.5) is 5.69 Å². The molecule has 202 valence electrons. The summed E-state index contributed by atoms with van der Waals surface area (Å²) >= 11 is 0. The van der Waals surface area contributed by atoms with Gasteiger partial charge >= 0.3 is 0 Å². The van der Waals surface area contributed by atoms with Gasteiger partial charge in [0, 0.05) is 25.6 Å². The van der Waals surface area contributed by atoms with E-state index in [9.17, 15) is 18.0 Å². The summed E-state index contributed by atoms with van der Waals surface area (Å²) in [5.74, 6) is -0.297. The van der Waals surface area contributed by atoms with Gasteiger partial charge in [-0.2, -0.15) is 0 Å². The van der Waals surface area contributed by atoms with Crippen molar-refractivity contribution in [2.75, 3.05) is 17.1 Å². The first-order valence-corrected chi connectivity index (χ1v) is 15.0. The molecule has 0 radical (unpaired) electrons. The number of amides is 2. The topological polar surface area (TPSA) is 86.8 Å². The van der Waals surface area contributed by atoms with Crippen molar-refractivity contribution in [1.29, 1.82) is 0 Å². The predicted molar refractivity (Wildman–Crippen MR) is 149 cm³/mol. The molecule has 0 unspecified atom stereocenters. The number of carbonyl (C=O) groups excluding carboxylic acids is 2. The van der Waals surface area contributed by atoms with Gasteiger partial charge in [0.25, 0.3) is 0 Å². The average Bonchev–Trinajstić information content (AvgIpc) is 3.34. The Morgan fingerprint density at radius 2 is 1.70 bits per heavy atom. The smallest absolute Gasteiger partial charge is 0.242 e. The molecule has 1 aliphatic carbocycles. The first kappa shape index (κ1) is 28.7. The lowest BCUT2D eigenvalue weighted by Crippen LogP contribution is -2.49. The normalized spacial score (nSPS) is 14.8. The zero-order chi connectivity index (χ0) is 27.2. The molecule has 0 bridgehead atoms. The molecule has 0 spiro atoms. The minimum absolute atomic E-state index is 0.137. The molecule has 0 aromatic heterocycles. The predicted octanol–water partition coefficient (Wildman–Crippen LogP) is 4.63. The molecule has 1 saturated carbocycles. The molecule has 2 amide bonds. The van der Waals surface area contributed by atoms with Crippen LogP contribution < -0.4 is 9.62 Å². The van der Waals surface area contributed by atoms with E-state index in [1.54, 1.807) is 11.8 Å². The fourth-order valence-electron chi connectivity index (χ4n) is 4.92. The second-order valence-electron chi connectivity index (χ2n) is 10.3. The zero-order valence-corrected chi connectivity index (χ0v) is 23.6. The van der Waals surface area contributed by atoms with Crippen molar-refractivity contribution in [3.05, 3.63) is 64.7 Å². The van der Waals surface area contributed by atoms with Gasteiger partial charge in [-0.25, -0.2) is 8.42 Å². The molecule has 1 aliphatic rings. The van der Waals surface area contributed by atoms with Crippen LogP contribution in [0.5, 0.6) is 0 Å². The van der Waals surface area contributed by atoms with Gasteiger partial charge in [0.1, 0.15) is 6.04 Å². The number of anilines is 1. The van der Waals surface area contributed by atoms with Crippen LogP contribution in [-0.2, 0) is 26.2 Å². The van der Waals surface area contributed by atoms with E-state index >= 15 is 0 Å². The monoisotopic (exact) mass is 527 g/mol. The van der Waals surface area contributed by atoms with E-state index in [1.165, 1.54) is 10.6 Å². The molecule has 7 nitrogen and oxygen atoms in total. The first-order chi connectivity index (χ1) is 17.5. The number of sulfonamides is 1. The molecule has 1 N–H and O–H groups in total. The lowest BCUT2D eigenvalue weighted by atomic mass is 10.1. The molecule has 3 rings (SSSR count). The molecule has 1 fully saturated rings. The maximum absolute atomic E-state index is 13.5. The highest BCUT2D eigenvalue weighted by molar-refractivity contribution is 7.92. The Morgan fingerprint density at radius 1 is 1.03 bits per heavy atom. The SMILES string of the molecule is Cc1ccc(C)c(N(CCCC(=O)N(Cc2ccccc2C)[C@H](C)C(=O)NC2CCCC2)S(C)(=O)=O)c1. The molecule has 0 saturated heterocycles. The van der Waals surface area contributed by atoms with Crippen molar-refractivity contribution in [3.8, 4) is 0 Å². The third-order valence-electron chi connectivity index (χ3n) is 7.26. The second-order valence-corrected chi connectivity index (χ2v) is 12.2. The van der Waals surface area contributed by atoms with E-state index < -0.39 is 16.1 Å². The summed E-state index contributed by atoms with van der Waals surface area (Å²) in [4.78, 5) is 28.2. The Kier molecular flexibility index (Phi) is 9.76. The molecule has 1 atom stereocenters. The van der Waals surface area contributed by atoms with Crippen LogP contribution in [0, 0.1) is 20.8 Å². The third kappa shape index (κ3) is 7.81. The number of nitrogens with one attached hydrogen (secondary N) is 1. The van der Waals surface area contributed by atoms with Crippen LogP contribution in [0.1, 0.15) is 67.7 Å². The maximum Gasteiger partial charge on any atom is 0.242 e. The number of nitrogens with zero attached hydrogens (tertiary/aromatic N) is 2. The first-order valence-electron chi connectivity index (χ1n) is 13.2. The molecule has 2 aromatic rings. The van der Waals surface area contributed by atoms with Gasteiger partial charge in [0.15, 0.2) is 0 Å². The largest absolute Gasteiger partial charge is 0.352 e. The van der Waals surface area contributed by atoms with Crippen LogP contribution >= 0.6 is 0 Å². The van der Waals surface area contributed by atoms with Gasteiger partial charge in [0.05, 0.1) is 11.9 Å². The molecule has 8 heteroatoms. The fraction of sp³-hybridized carbons (Fsp3) is 0.517. The summed E-state index contributed by atoms with van der Waals surface area (Å²) in [6.45, 7) is 8.10. The van der Waals surface area contributed by atoms with Gasteiger partial charge in [-0.1, -0.05) is 49.2 Å². The third-order valence-corrected chi connectivity index (χ3v) is 8.44. The fourth-order valence-corrected chi connectivity index (χ4v) is 5.93. The van der Waals surface area contributed by atoms with E-state index in [0.717, 1.165) is 47.9 Å². The van der Waals surface area contributed by atoms with Crippen molar-refractivity contribution in [2.24, 2.45) is 0 Å². The van der Waals surface area contributed by atoms with Gasteiger partial charge in [-0.3, -0.25) is 13.9 Å². The van der Waals surface area contributed by atoms with Crippen LogP contribution in [-0.4, -0.2) is 50.0 Å². The summed E-state index contributed by atoms with van der Waals surface area (Å²) in [7, 11) is -3.53. The summed E-state index contributed by atoms with van der Waals surface area (Å²) < 4.78 is 26.6. The summed E-state index contributed by atoms with van der Waals surface area (Å²) in [5.41, 5.74) is 4.51. The zero-order valence-electron chi connectivity index (χ0n) is 22.8. The van der Waals surface area contributed by atoms with E-state index in [-0.39, 0.29) is 30.8 Å². The van der Waals surface area contributed by atoms with Gasteiger partial charge < -0.3 is 10.2 Å². The lowest BCUT2D eigenvalue weighted by Gasteiger charge is -2.31. The Morgan fingerprint density at radius 3 is 2.35 bits per heavy atom. The van der Waals surface area contributed by atoms with Crippen molar-refractivity contribution in [1.82, 2.24) is 10.2 Å². The molecule has 37 heavy (non-hydrogen) atoms. The number of hydrogen-bond donors (Lipinski definition) is 1. The van der Waals surface area contributed by atoms with Crippen LogP contribution in [0.3, 0.4) is 0 Å². The number of rotatable bonds is 11. The number of carbonyl (C=O) groups is 2. The van der Waals surface area contributed by atoms with E-state index in [4.69, 9.17) is 0 Å². The Balaban J connectivity index is 1.75. The highest BCUT2D eigenvalue weighted by Gasteiger charge is 2.29. The minimum Gasteiger partial charge on any atom is -0.352 e. The van der Waals surface area contributed by atoms with Crippen molar-refractivity contribution >= 4 is 27.5 Å². The number of aryl methyl sites for hydroxylation is 3. The van der Waals surface area contributed by atoms with Crippen molar-refractivity contribution < 1.29 is 18.0 Å². The van der Waals surface area contributed by atoms with Gasteiger partial charge in [-0.05, 0) is 75.3 Å². The summed E-state index contributed by atoms with van der Waals surface area (Å²) in [6, 6.07) is 13.1. The maximum atomic E-state index is 13.5. The van der Waals surface area contributed by atoms with E-state index in [0.29, 0.717) is 18.7 Å². The van der Waals surface area contributed by atoms with Crippen LogP contribution in [0.15, 0.2) is 42.5 Å². The second kappa shape index (κ2) is 12.6. The Hall–Kier alpha value is -2.87. The molecule has 2 aromatic carbocycles. The molecular weight excluding hydrogens is 486 g/mol.